The number of thiazole rings is 1. The molecule has 0 aliphatic rings. The Hall–Kier alpha value is -1.91. The van der Waals surface area contributed by atoms with Gasteiger partial charge < -0.3 is 5.32 Å². The molecule has 1 heterocycles. The van der Waals surface area contributed by atoms with Crippen LogP contribution in [0.25, 0.3) is 10.2 Å². The summed E-state index contributed by atoms with van der Waals surface area (Å²) >= 11 is 7.41. The van der Waals surface area contributed by atoms with Crippen LogP contribution in [-0.2, 0) is 11.2 Å². The van der Waals surface area contributed by atoms with Crippen LogP contribution in [-0.4, -0.2) is 10.9 Å². The van der Waals surface area contributed by atoms with Gasteiger partial charge in [0.1, 0.15) is 0 Å². The molecule has 2 aromatic carbocycles. The summed E-state index contributed by atoms with van der Waals surface area (Å²) in [5.41, 5.74) is 2.18. The van der Waals surface area contributed by atoms with Gasteiger partial charge in [-0.3, -0.25) is 4.79 Å². The number of unbranched alkanes of at least 4 members (excludes halogenated alkanes) is 1. The van der Waals surface area contributed by atoms with Gasteiger partial charge in [0.05, 0.1) is 10.2 Å². The summed E-state index contributed by atoms with van der Waals surface area (Å²) in [5, 5.41) is 4.19. The fourth-order valence-electron chi connectivity index (χ4n) is 2.39. The van der Waals surface area contributed by atoms with E-state index in [2.05, 4.69) is 22.4 Å². The SMILES string of the molecule is O=C(CCCCc1ccccc1)Nc1nc2ccc(Cl)cc2s1. The number of benzene rings is 2. The van der Waals surface area contributed by atoms with E-state index in [1.807, 2.05) is 30.3 Å². The maximum Gasteiger partial charge on any atom is 0.226 e. The fraction of sp³-hybridized carbons (Fsp3) is 0.222. The topological polar surface area (TPSA) is 42.0 Å². The van der Waals surface area contributed by atoms with Crippen LogP contribution in [0.4, 0.5) is 5.13 Å². The Balaban J connectivity index is 1.46. The van der Waals surface area contributed by atoms with Gasteiger partial charge in [0.15, 0.2) is 5.13 Å². The summed E-state index contributed by atoms with van der Waals surface area (Å²) in [7, 11) is 0. The van der Waals surface area contributed by atoms with Crippen molar-refractivity contribution in [1.82, 2.24) is 4.98 Å². The second-order valence-electron chi connectivity index (χ2n) is 5.37. The van der Waals surface area contributed by atoms with Crippen LogP contribution in [0.3, 0.4) is 0 Å². The van der Waals surface area contributed by atoms with Gasteiger partial charge in [-0.1, -0.05) is 53.3 Å². The van der Waals surface area contributed by atoms with Crippen LogP contribution >= 0.6 is 22.9 Å². The lowest BCUT2D eigenvalue weighted by Gasteiger charge is -2.02. The molecule has 0 aliphatic carbocycles. The smallest absolute Gasteiger partial charge is 0.226 e. The molecule has 0 bridgehead atoms. The molecule has 0 fully saturated rings. The predicted molar refractivity (Wildman–Crippen MR) is 97.3 cm³/mol. The van der Waals surface area contributed by atoms with E-state index >= 15 is 0 Å². The Morgan fingerprint density at radius 3 is 2.78 bits per heavy atom. The van der Waals surface area contributed by atoms with Crippen molar-refractivity contribution < 1.29 is 4.79 Å². The number of carbonyl (C=O) groups is 1. The second kappa shape index (κ2) is 7.57. The van der Waals surface area contributed by atoms with Crippen molar-refractivity contribution in [2.75, 3.05) is 5.32 Å². The molecule has 0 radical (unpaired) electrons. The third-order valence-corrected chi connectivity index (χ3v) is 4.73. The molecule has 0 saturated heterocycles. The number of carbonyl (C=O) groups excluding carboxylic acids is 1. The van der Waals surface area contributed by atoms with Crippen molar-refractivity contribution in [3.8, 4) is 0 Å². The summed E-state index contributed by atoms with van der Waals surface area (Å²) in [4.78, 5) is 16.4. The number of amides is 1. The van der Waals surface area contributed by atoms with Crippen LogP contribution in [0.1, 0.15) is 24.8 Å². The number of rotatable bonds is 6. The molecule has 1 aromatic heterocycles. The average Bonchev–Trinajstić information content (AvgIpc) is 2.94. The summed E-state index contributed by atoms with van der Waals surface area (Å²) in [6.07, 6.45) is 3.40. The van der Waals surface area contributed by atoms with E-state index in [1.54, 1.807) is 6.07 Å². The van der Waals surface area contributed by atoms with E-state index in [9.17, 15) is 4.79 Å². The Bertz CT molecular complexity index is 801. The van der Waals surface area contributed by atoms with Crippen molar-refractivity contribution in [3.05, 3.63) is 59.1 Å². The van der Waals surface area contributed by atoms with Crippen LogP contribution in [0.2, 0.25) is 5.02 Å². The third kappa shape index (κ3) is 4.53. The fourth-order valence-corrected chi connectivity index (χ4v) is 3.55. The van der Waals surface area contributed by atoms with E-state index in [-0.39, 0.29) is 5.91 Å². The lowest BCUT2D eigenvalue weighted by atomic mass is 10.1. The maximum atomic E-state index is 12.0. The Morgan fingerprint density at radius 2 is 1.96 bits per heavy atom. The molecule has 0 saturated carbocycles. The highest BCUT2D eigenvalue weighted by atomic mass is 35.5. The van der Waals surface area contributed by atoms with E-state index in [1.165, 1.54) is 16.9 Å². The van der Waals surface area contributed by atoms with Gasteiger partial charge in [-0.05, 0) is 43.0 Å². The van der Waals surface area contributed by atoms with E-state index in [0.717, 1.165) is 29.5 Å². The van der Waals surface area contributed by atoms with Gasteiger partial charge in [0.25, 0.3) is 0 Å². The monoisotopic (exact) mass is 344 g/mol. The molecule has 0 aliphatic heterocycles. The number of hydrogen-bond donors (Lipinski definition) is 1. The largest absolute Gasteiger partial charge is 0.302 e. The Morgan fingerprint density at radius 1 is 1.13 bits per heavy atom. The number of hydrogen-bond acceptors (Lipinski definition) is 3. The van der Waals surface area contributed by atoms with Gasteiger partial charge in [0.2, 0.25) is 5.91 Å². The van der Waals surface area contributed by atoms with E-state index < -0.39 is 0 Å². The molecule has 0 spiro atoms. The number of aromatic nitrogens is 1. The minimum atomic E-state index is 0.0169. The Kier molecular flexibility index (Phi) is 5.26. The van der Waals surface area contributed by atoms with Gasteiger partial charge in [-0.2, -0.15) is 0 Å². The number of aryl methyl sites for hydroxylation is 1. The second-order valence-corrected chi connectivity index (χ2v) is 6.84. The van der Waals surface area contributed by atoms with Crippen molar-refractivity contribution >= 4 is 44.2 Å². The maximum absolute atomic E-state index is 12.0. The van der Waals surface area contributed by atoms with Crippen molar-refractivity contribution in [2.24, 2.45) is 0 Å². The highest BCUT2D eigenvalue weighted by Crippen LogP contribution is 2.28. The lowest BCUT2D eigenvalue weighted by Crippen LogP contribution is -2.10. The molecular formula is C18H17ClN2OS. The molecule has 3 nitrogen and oxygen atoms in total. The lowest BCUT2D eigenvalue weighted by molar-refractivity contribution is -0.116. The quantitative estimate of drug-likeness (QED) is 0.616. The number of halogens is 1. The van der Waals surface area contributed by atoms with Crippen LogP contribution in [0.5, 0.6) is 0 Å². The normalized spacial score (nSPS) is 10.8. The number of nitrogens with one attached hydrogen (secondary N) is 1. The zero-order valence-electron chi connectivity index (χ0n) is 12.6. The molecule has 0 unspecified atom stereocenters. The zero-order chi connectivity index (χ0) is 16.1. The average molecular weight is 345 g/mol. The minimum Gasteiger partial charge on any atom is -0.302 e. The van der Waals surface area contributed by atoms with Gasteiger partial charge in [-0.25, -0.2) is 4.98 Å². The molecule has 5 heteroatoms. The summed E-state index contributed by atoms with van der Waals surface area (Å²) in [5.74, 6) is 0.0169. The zero-order valence-corrected chi connectivity index (χ0v) is 14.2. The Labute approximate surface area is 144 Å². The van der Waals surface area contributed by atoms with Crippen molar-refractivity contribution in [1.29, 1.82) is 0 Å². The highest BCUT2D eigenvalue weighted by molar-refractivity contribution is 7.22. The molecule has 1 N–H and O–H groups in total. The van der Waals surface area contributed by atoms with Gasteiger partial charge >= 0.3 is 0 Å². The van der Waals surface area contributed by atoms with Crippen LogP contribution < -0.4 is 5.32 Å². The van der Waals surface area contributed by atoms with Crippen molar-refractivity contribution in [2.45, 2.75) is 25.7 Å². The molecule has 118 valence electrons. The first-order valence-electron chi connectivity index (χ1n) is 7.60. The number of nitrogens with zero attached hydrogens (tertiary/aromatic N) is 1. The van der Waals surface area contributed by atoms with E-state index in [0.29, 0.717) is 16.6 Å². The summed E-state index contributed by atoms with van der Waals surface area (Å²) < 4.78 is 0.983. The molecule has 1 amide bonds. The molecule has 0 atom stereocenters. The minimum absolute atomic E-state index is 0.0169. The van der Waals surface area contributed by atoms with Gasteiger partial charge in [0, 0.05) is 11.4 Å². The van der Waals surface area contributed by atoms with Crippen LogP contribution in [0, 0.1) is 0 Å². The number of anilines is 1. The molecule has 3 aromatic rings. The molecule has 23 heavy (non-hydrogen) atoms. The first-order chi connectivity index (χ1) is 11.2. The first-order valence-corrected chi connectivity index (χ1v) is 8.80. The van der Waals surface area contributed by atoms with E-state index in [4.69, 9.17) is 11.6 Å². The highest BCUT2D eigenvalue weighted by Gasteiger charge is 2.08. The standard InChI is InChI=1S/C18H17ClN2OS/c19-14-10-11-15-16(12-14)23-18(20-15)21-17(22)9-5-4-8-13-6-2-1-3-7-13/h1-3,6-7,10-12H,4-5,8-9H2,(H,20,21,22). The molecular weight excluding hydrogens is 328 g/mol. The van der Waals surface area contributed by atoms with Crippen LogP contribution in [0.15, 0.2) is 48.5 Å². The first kappa shape index (κ1) is 16.0. The number of fused-ring (bicyclic) bond motifs is 1. The van der Waals surface area contributed by atoms with Crippen molar-refractivity contribution in [3.63, 3.8) is 0 Å². The third-order valence-electron chi connectivity index (χ3n) is 3.56. The summed E-state index contributed by atoms with van der Waals surface area (Å²) in [6, 6.07) is 15.9. The predicted octanol–water partition coefficient (Wildman–Crippen LogP) is 5.30. The van der Waals surface area contributed by atoms with Gasteiger partial charge in [-0.15, -0.1) is 0 Å². The summed E-state index contributed by atoms with van der Waals surface area (Å²) in [6.45, 7) is 0. The molecule has 3 rings (SSSR count).